The summed E-state index contributed by atoms with van der Waals surface area (Å²) in [4.78, 5) is 28.3. The van der Waals surface area contributed by atoms with Crippen molar-refractivity contribution in [2.75, 3.05) is 6.61 Å². The first-order chi connectivity index (χ1) is 11.1. The van der Waals surface area contributed by atoms with Crippen molar-refractivity contribution >= 4 is 22.8 Å². The van der Waals surface area contributed by atoms with Crippen molar-refractivity contribution in [2.24, 2.45) is 7.05 Å². The van der Waals surface area contributed by atoms with E-state index < -0.39 is 5.97 Å². The Morgan fingerprint density at radius 3 is 2.65 bits per heavy atom. The van der Waals surface area contributed by atoms with Gasteiger partial charge in [-0.3, -0.25) is 9.48 Å². The van der Waals surface area contributed by atoms with Crippen LogP contribution in [0.4, 0.5) is 0 Å². The van der Waals surface area contributed by atoms with Gasteiger partial charge in [0.1, 0.15) is 0 Å². The molecular weight excluding hydrogens is 294 g/mol. The van der Waals surface area contributed by atoms with Gasteiger partial charge in [-0.2, -0.15) is 5.10 Å². The van der Waals surface area contributed by atoms with E-state index in [-0.39, 0.29) is 12.4 Å². The number of benzene rings is 1. The van der Waals surface area contributed by atoms with Crippen molar-refractivity contribution in [2.45, 2.75) is 6.92 Å². The van der Waals surface area contributed by atoms with Crippen LogP contribution in [-0.2, 0) is 11.8 Å². The van der Waals surface area contributed by atoms with Crippen molar-refractivity contribution in [3.8, 4) is 0 Å². The average molecular weight is 309 g/mol. The minimum absolute atomic E-state index is 0.245. The Hall–Kier alpha value is -3.02. The SMILES string of the molecule is Cc1nn(C)c2ncc(C(=O)OCC(=O)c3ccccc3)cc12. The first-order valence-electron chi connectivity index (χ1n) is 7.11. The molecule has 0 aliphatic heterocycles. The molecule has 3 aromatic rings. The number of fused-ring (bicyclic) bond motifs is 1. The Morgan fingerprint density at radius 2 is 1.91 bits per heavy atom. The molecule has 0 fully saturated rings. The van der Waals surface area contributed by atoms with Crippen LogP contribution in [0.3, 0.4) is 0 Å². The van der Waals surface area contributed by atoms with Gasteiger partial charge in [-0.1, -0.05) is 30.3 Å². The third-order valence-corrected chi connectivity index (χ3v) is 3.53. The molecule has 0 N–H and O–H groups in total. The van der Waals surface area contributed by atoms with Gasteiger partial charge in [0.2, 0.25) is 0 Å². The molecule has 116 valence electrons. The maximum absolute atomic E-state index is 12.1. The number of esters is 1. The Kier molecular flexibility index (Phi) is 3.89. The van der Waals surface area contributed by atoms with E-state index in [2.05, 4.69) is 10.1 Å². The average Bonchev–Trinajstić information content (AvgIpc) is 2.87. The van der Waals surface area contributed by atoms with E-state index in [1.165, 1.54) is 6.20 Å². The van der Waals surface area contributed by atoms with E-state index in [9.17, 15) is 9.59 Å². The van der Waals surface area contributed by atoms with Gasteiger partial charge in [0.05, 0.1) is 11.3 Å². The predicted molar refractivity (Wildman–Crippen MR) is 84.3 cm³/mol. The lowest BCUT2D eigenvalue weighted by atomic mass is 10.1. The number of carbonyl (C=O) groups is 2. The minimum atomic E-state index is -0.577. The maximum atomic E-state index is 12.1. The second kappa shape index (κ2) is 6.00. The highest BCUT2D eigenvalue weighted by Gasteiger charge is 2.14. The fourth-order valence-corrected chi connectivity index (χ4v) is 2.34. The number of ether oxygens (including phenoxy) is 1. The number of aromatic nitrogens is 3. The third-order valence-electron chi connectivity index (χ3n) is 3.53. The molecule has 2 aromatic heterocycles. The van der Waals surface area contributed by atoms with Gasteiger partial charge in [-0.15, -0.1) is 0 Å². The van der Waals surface area contributed by atoms with Gasteiger partial charge >= 0.3 is 5.97 Å². The lowest BCUT2D eigenvalue weighted by molar-refractivity contribution is 0.0474. The number of Topliss-reactive ketones (excluding diaryl/α,β-unsaturated/α-hetero) is 1. The topological polar surface area (TPSA) is 74.1 Å². The third kappa shape index (κ3) is 2.96. The molecule has 0 unspecified atom stereocenters. The highest BCUT2D eigenvalue weighted by Crippen LogP contribution is 2.17. The Labute approximate surface area is 132 Å². The summed E-state index contributed by atoms with van der Waals surface area (Å²) in [7, 11) is 1.79. The highest BCUT2D eigenvalue weighted by atomic mass is 16.5. The van der Waals surface area contributed by atoms with Gasteiger partial charge in [0, 0.05) is 24.2 Å². The molecule has 1 aromatic carbocycles. The van der Waals surface area contributed by atoms with Crippen molar-refractivity contribution < 1.29 is 14.3 Å². The van der Waals surface area contributed by atoms with E-state index in [0.717, 1.165) is 11.1 Å². The molecule has 0 saturated carbocycles. The van der Waals surface area contributed by atoms with Crippen LogP contribution in [0.5, 0.6) is 0 Å². The summed E-state index contributed by atoms with van der Waals surface area (Å²) < 4.78 is 6.74. The number of aryl methyl sites for hydroxylation is 2. The zero-order chi connectivity index (χ0) is 16.4. The van der Waals surface area contributed by atoms with Crippen LogP contribution in [0, 0.1) is 6.92 Å². The first kappa shape index (κ1) is 14.9. The summed E-state index contributed by atoms with van der Waals surface area (Å²) in [6, 6.07) is 10.4. The molecule has 6 heteroatoms. The van der Waals surface area contributed by atoms with Crippen LogP contribution in [0.15, 0.2) is 42.6 Å². The molecule has 2 heterocycles. The first-order valence-corrected chi connectivity index (χ1v) is 7.11. The van der Waals surface area contributed by atoms with E-state index in [1.807, 2.05) is 13.0 Å². The lowest BCUT2D eigenvalue weighted by Gasteiger charge is -2.04. The number of ketones is 1. The maximum Gasteiger partial charge on any atom is 0.340 e. The Morgan fingerprint density at radius 1 is 1.17 bits per heavy atom. The monoisotopic (exact) mass is 309 g/mol. The van der Waals surface area contributed by atoms with Gasteiger partial charge < -0.3 is 4.74 Å². The van der Waals surface area contributed by atoms with E-state index in [0.29, 0.717) is 16.8 Å². The number of pyridine rings is 1. The summed E-state index contributed by atoms with van der Waals surface area (Å²) in [6.45, 7) is 1.55. The summed E-state index contributed by atoms with van der Waals surface area (Å²) in [5.74, 6) is -0.822. The molecular formula is C17H15N3O3. The zero-order valence-corrected chi connectivity index (χ0v) is 12.8. The standard InChI is InChI=1S/C17H15N3O3/c1-11-14-8-13(9-18-16(14)20(2)19-11)17(22)23-10-15(21)12-6-4-3-5-7-12/h3-9H,10H2,1-2H3. The van der Waals surface area contributed by atoms with Gasteiger partial charge in [0.15, 0.2) is 18.0 Å². The normalized spacial score (nSPS) is 10.7. The fraction of sp³-hybridized carbons (Fsp3) is 0.176. The fourth-order valence-electron chi connectivity index (χ4n) is 2.34. The number of rotatable bonds is 4. The molecule has 6 nitrogen and oxygen atoms in total. The molecule has 0 aliphatic carbocycles. The van der Waals surface area contributed by atoms with E-state index in [4.69, 9.17) is 4.74 Å². The molecule has 0 spiro atoms. The second-order valence-corrected chi connectivity index (χ2v) is 5.17. The summed E-state index contributed by atoms with van der Waals surface area (Å²) in [5.41, 5.74) is 2.29. The quantitative estimate of drug-likeness (QED) is 0.546. The van der Waals surface area contributed by atoms with Crippen molar-refractivity contribution in [1.29, 1.82) is 0 Å². The molecule has 0 aliphatic rings. The van der Waals surface area contributed by atoms with Gasteiger partial charge in [-0.25, -0.2) is 9.78 Å². The summed E-state index contributed by atoms with van der Waals surface area (Å²) in [6.07, 6.45) is 1.43. The smallest absolute Gasteiger partial charge is 0.340 e. The van der Waals surface area contributed by atoms with E-state index >= 15 is 0 Å². The lowest BCUT2D eigenvalue weighted by Crippen LogP contribution is -2.14. The van der Waals surface area contributed by atoms with Gasteiger partial charge in [-0.05, 0) is 13.0 Å². The largest absolute Gasteiger partial charge is 0.454 e. The Balaban J connectivity index is 1.73. The molecule has 0 saturated heterocycles. The van der Waals surface area contributed by atoms with Crippen LogP contribution in [-0.4, -0.2) is 33.1 Å². The van der Waals surface area contributed by atoms with Crippen LogP contribution in [0.1, 0.15) is 26.4 Å². The van der Waals surface area contributed by atoms with Crippen LogP contribution in [0.25, 0.3) is 11.0 Å². The number of hydrogen-bond acceptors (Lipinski definition) is 5. The number of carbonyl (C=O) groups excluding carboxylic acids is 2. The second-order valence-electron chi connectivity index (χ2n) is 5.17. The van der Waals surface area contributed by atoms with Crippen molar-refractivity contribution in [3.05, 3.63) is 59.4 Å². The molecule has 3 rings (SSSR count). The molecule has 0 bridgehead atoms. The van der Waals surface area contributed by atoms with Crippen LogP contribution in [0.2, 0.25) is 0 Å². The summed E-state index contributed by atoms with van der Waals surface area (Å²) in [5, 5.41) is 5.04. The van der Waals surface area contributed by atoms with Crippen molar-refractivity contribution in [3.63, 3.8) is 0 Å². The minimum Gasteiger partial charge on any atom is -0.454 e. The van der Waals surface area contributed by atoms with Crippen LogP contribution < -0.4 is 0 Å². The van der Waals surface area contributed by atoms with Gasteiger partial charge in [0.25, 0.3) is 0 Å². The van der Waals surface area contributed by atoms with Crippen LogP contribution >= 0.6 is 0 Å². The number of nitrogens with zero attached hydrogens (tertiary/aromatic N) is 3. The summed E-state index contributed by atoms with van der Waals surface area (Å²) >= 11 is 0. The molecule has 0 radical (unpaired) electrons. The molecule has 0 atom stereocenters. The molecule has 0 amide bonds. The highest BCUT2D eigenvalue weighted by molar-refractivity contribution is 6.00. The molecule has 23 heavy (non-hydrogen) atoms. The number of hydrogen-bond donors (Lipinski definition) is 0. The van der Waals surface area contributed by atoms with E-state index in [1.54, 1.807) is 42.1 Å². The predicted octanol–water partition coefficient (Wildman–Crippen LogP) is 2.32. The Bertz CT molecular complexity index is 885. The zero-order valence-electron chi connectivity index (χ0n) is 12.8. The van der Waals surface area contributed by atoms with Crippen molar-refractivity contribution in [1.82, 2.24) is 14.8 Å².